The summed E-state index contributed by atoms with van der Waals surface area (Å²) >= 11 is 0. The van der Waals surface area contributed by atoms with Crippen LogP contribution in [0.25, 0.3) is 0 Å². The van der Waals surface area contributed by atoms with Crippen molar-refractivity contribution >= 4 is 11.6 Å². The Balaban J connectivity index is 1.95. The van der Waals surface area contributed by atoms with Crippen molar-refractivity contribution in [1.82, 2.24) is 0 Å². The first-order valence-corrected chi connectivity index (χ1v) is 9.11. The number of para-hydroxylation sites is 1. The monoisotopic (exact) mass is 353 g/mol. The molecular formula is C22H27NO3. The van der Waals surface area contributed by atoms with Crippen molar-refractivity contribution in [2.45, 2.75) is 32.6 Å². The zero-order chi connectivity index (χ0) is 18.6. The second kappa shape index (κ2) is 11.0. The summed E-state index contributed by atoms with van der Waals surface area (Å²) in [4.78, 5) is 12.6. The van der Waals surface area contributed by atoms with E-state index in [1.807, 2.05) is 42.5 Å². The molecule has 4 nitrogen and oxygen atoms in total. The number of hydrogen-bond donors (Lipinski definition) is 1. The fourth-order valence-electron chi connectivity index (χ4n) is 2.48. The fraction of sp³-hybridized carbons (Fsp3) is 0.318. The number of anilines is 1. The second-order valence-electron chi connectivity index (χ2n) is 5.98. The van der Waals surface area contributed by atoms with E-state index in [0.717, 1.165) is 18.6 Å². The Kier molecular flexibility index (Phi) is 8.27. The zero-order valence-corrected chi connectivity index (χ0v) is 15.4. The third-order valence-corrected chi connectivity index (χ3v) is 3.87. The van der Waals surface area contributed by atoms with Gasteiger partial charge in [0.2, 0.25) is 0 Å². The number of unbranched alkanes of at least 4 members (excludes halogenated alkanes) is 3. The first-order valence-electron chi connectivity index (χ1n) is 9.11. The highest BCUT2D eigenvalue weighted by molar-refractivity contribution is 6.06. The Morgan fingerprint density at radius 2 is 1.81 bits per heavy atom. The first kappa shape index (κ1) is 19.6. The maximum Gasteiger partial charge on any atom is 0.259 e. The van der Waals surface area contributed by atoms with E-state index in [1.165, 1.54) is 12.8 Å². The fourth-order valence-corrected chi connectivity index (χ4v) is 2.48. The number of amides is 1. The van der Waals surface area contributed by atoms with Crippen molar-refractivity contribution in [2.75, 3.05) is 18.5 Å². The first-order chi connectivity index (χ1) is 12.7. The Labute approximate surface area is 155 Å². The number of carbonyl (C=O) groups excluding carboxylic acids is 1. The van der Waals surface area contributed by atoms with E-state index in [2.05, 4.69) is 18.8 Å². The zero-order valence-electron chi connectivity index (χ0n) is 15.4. The van der Waals surface area contributed by atoms with Gasteiger partial charge in [0.15, 0.2) is 0 Å². The van der Waals surface area contributed by atoms with Gasteiger partial charge in [0.25, 0.3) is 5.91 Å². The third kappa shape index (κ3) is 6.28. The highest BCUT2D eigenvalue weighted by atomic mass is 16.5. The molecular weight excluding hydrogens is 326 g/mol. The average molecular weight is 353 g/mol. The molecule has 0 aliphatic carbocycles. The molecule has 2 aromatic rings. The van der Waals surface area contributed by atoms with E-state index in [1.54, 1.807) is 12.1 Å². The van der Waals surface area contributed by atoms with Crippen LogP contribution in [0, 0.1) is 0 Å². The second-order valence-corrected chi connectivity index (χ2v) is 5.98. The number of benzene rings is 2. The van der Waals surface area contributed by atoms with Crippen molar-refractivity contribution in [1.29, 1.82) is 0 Å². The van der Waals surface area contributed by atoms with Gasteiger partial charge in [-0.3, -0.25) is 4.79 Å². The van der Waals surface area contributed by atoms with Gasteiger partial charge >= 0.3 is 0 Å². The van der Waals surface area contributed by atoms with Crippen LogP contribution < -0.4 is 14.8 Å². The van der Waals surface area contributed by atoms with Crippen LogP contribution in [0.3, 0.4) is 0 Å². The molecule has 0 aliphatic heterocycles. The van der Waals surface area contributed by atoms with E-state index in [4.69, 9.17) is 9.47 Å². The minimum Gasteiger partial charge on any atom is -0.493 e. The molecule has 138 valence electrons. The number of ether oxygens (including phenoxy) is 2. The highest BCUT2D eigenvalue weighted by Gasteiger charge is 2.12. The van der Waals surface area contributed by atoms with Crippen molar-refractivity contribution in [2.24, 2.45) is 0 Å². The lowest BCUT2D eigenvalue weighted by Gasteiger charge is -2.12. The molecule has 4 heteroatoms. The number of carbonyl (C=O) groups is 1. The minimum atomic E-state index is -0.186. The lowest BCUT2D eigenvalue weighted by molar-refractivity contribution is 0.102. The number of hydrogen-bond acceptors (Lipinski definition) is 3. The van der Waals surface area contributed by atoms with E-state index in [9.17, 15) is 4.79 Å². The van der Waals surface area contributed by atoms with Crippen molar-refractivity contribution in [3.05, 3.63) is 66.7 Å². The topological polar surface area (TPSA) is 47.6 Å². The molecule has 2 aromatic carbocycles. The third-order valence-electron chi connectivity index (χ3n) is 3.87. The average Bonchev–Trinajstić information content (AvgIpc) is 2.67. The Hall–Kier alpha value is -2.75. The Bertz CT molecular complexity index is 695. The number of rotatable bonds is 11. The standard InChI is InChI=1S/C22H27NO3/c1-3-5-6-9-17-26-21-11-8-7-10-20(21)22(24)23-18-12-14-19(15-13-18)25-16-4-2/h4,7-8,10-15H,2-3,5-6,9,16-17H2,1H3,(H,23,24). The maximum atomic E-state index is 12.6. The van der Waals surface area contributed by atoms with Crippen LogP contribution in [-0.2, 0) is 0 Å². The highest BCUT2D eigenvalue weighted by Crippen LogP contribution is 2.21. The summed E-state index contributed by atoms with van der Waals surface area (Å²) in [7, 11) is 0. The Morgan fingerprint density at radius 1 is 1.04 bits per heavy atom. The summed E-state index contributed by atoms with van der Waals surface area (Å²) in [6, 6.07) is 14.6. The molecule has 0 aliphatic rings. The van der Waals surface area contributed by atoms with E-state index < -0.39 is 0 Å². The largest absolute Gasteiger partial charge is 0.493 e. The van der Waals surface area contributed by atoms with Gasteiger partial charge < -0.3 is 14.8 Å². The van der Waals surface area contributed by atoms with Gasteiger partial charge in [-0.05, 0) is 42.8 Å². The maximum absolute atomic E-state index is 12.6. The molecule has 2 rings (SSSR count). The summed E-state index contributed by atoms with van der Waals surface area (Å²) in [6.07, 6.45) is 6.23. The van der Waals surface area contributed by atoms with Crippen LogP contribution in [-0.4, -0.2) is 19.1 Å². The van der Waals surface area contributed by atoms with Gasteiger partial charge in [-0.2, -0.15) is 0 Å². The summed E-state index contributed by atoms with van der Waals surface area (Å²) in [5.41, 5.74) is 1.24. The Morgan fingerprint density at radius 3 is 2.54 bits per heavy atom. The molecule has 0 saturated carbocycles. The SMILES string of the molecule is C=CCOc1ccc(NC(=O)c2ccccc2OCCCCCC)cc1. The van der Waals surface area contributed by atoms with Crippen LogP contribution >= 0.6 is 0 Å². The number of nitrogens with one attached hydrogen (secondary N) is 1. The van der Waals surface area contributed by atoms with E-state index >= 15 is 0 Å². The molecule has 26 heavy (non-hydrogen) atoms. The van der Waals surface area contributed by atoms with Crippen molar-refractivity contribution in [3.8, 4) is 11.5 Å². The van der Waals surface area contributed by atoms with Gasteiger partial charge in [0.05, 0.1) is 12.2 Å². The molecule has 0 unspecified atom stereocenters. The van der Waals surface area contributed by atoms with Crippen LogP contribution in [0.2, 0.25) is 0 Å². The molecule has 0 saturated heterocycles. The molecule has 0 radical (unpaired) electrons. The summed E-state index contributed by atoms with van der Waals surface area (Å²) in [5.74, 6) is 1.17. The summed E-state index contributed by atoms with van der Waals surface area (Å²) in [5, 5.41) is 2.90. The molecule has 0 fully saturated rings. The molecule has 0 aromatic heterocycles. The molecule has 0 spiro atoms. The molecule has 1 amide bonds. The van der Waals surface area contributed by atoms with Gasteiger partial charge in [-0.25, -0.2) is 0 Å². The van der Waals surface area contributed by atoms with Crippen molar-refractivity contribution in [3.63, 3.8) is 0 Å². The van der Waals surface area contributed by atoms with Crippen LogP contribution in [0.4, 0.5) is 5.69 Å². The summed E-state index contributed by atoms with van der Waals surface area (Å²) < 4.78 is 11.3. The summed E-state index contributed by atoms with van der Waals surface area (Å²) in [6.45, 7) is 6.87. The van der Waals surface area contributed by atoms with Gasteiger partial charge in [0.1, 0.15) is 18.1 Å². The predicted octanol–water partition coefficient (Wildman–Crippen LogP) is 5.46. The lowest BCUT2D eigenvalue weighted by atomic mass is 10.1. The smallest absolute Gasteiger partial charge is 0.259 e. The lowest BCUT2D eigenvalue weighted by Crippen LogP contribution is -2.14. The molecule has 0 atom stereocenters. The van der Waals surface area contributed by atoms with Crippen LogP contribution in [0.15, 0.2) is 61.2 Å². The molecule has 0 bridgehead atoms. The quantitative estimate of drug-likeness (QED) is 0.431. The minimum absolute atomic E-state index is 0.186. The van der Waals surface area contributed by atoms with Gasteiger partial charge in [0, 0.05) is 5.69 Å². The van der Waals surface area contributed by atoms with E-state index in [0.29, 0.717) is 30.2 Å². The van der Waals surface area contributed by atoms with Gasteiger partial charge in [-0.15, -0.1) is 0 Å². The molecule has 1 N–H and O–H groups in total. The normalized spacial score (nSPS) is 10.2. The predicted molar refractivity (Wildman–Crippen MR) is 106 cm³/mol. The van der Waals surface area contributed by atoms with Crippen LogP contribution in [0.5, 0.6) is 11.5 Å². The van der Waals surface area contributed by atoms with Crippen LogP contribution in [0.1, 0.15) is 43.0 Å². The van der Waals surface area contributed by atoms with Gasteiger partial charge in [-0.1, -0.05) is 51.0 Å². The van der Waals surface area contributed by atoms with Crippen molar-refractivity contribution < 1.29 is 14.3 Å². The van der Waals surface area contributed by atoms with E-state index in [-0.39, 0.29) is 5.91 Å². The molecule has 0 heterocycles.